The molecule has 4 nitrogen and oxygen atoms in total. The monoisotopic (exact) mass is 393 g/mol. The van der Waals surface area contributed by atoms with Crippen LogP contribution in [0, 0.1) is 0 Å². The number of carbonyl (C=O) groups excluding carboxylic acids is 2. The standard InChI is InChI=1S/C23H23NO3S/c25-22(14-27-23(26)21-13-15-7-1-6-12-20(15)28-21)24-18-10-4-2-8-16(18)17-9-3-5-11-19(17)24/h2,4,8,10,13H,1,3,5-7,9,11-12,14H2. The molecule has 0 N–H and O–H groups in total. The number of rotatable bonds is 3. The first-order valence-corrected chi connectivity index (χ1v) is 11.0. The molecule has 1 aromatic carbocycles. The van der Waals surface area contributed by atoms with E-state index in [9.17, 15) is 9.59 Å². The average molecular weight is 394 g/mol. The molecule has 0 bridgehead atoms. The van der Waals surface area contributed by atoms with Gasteiger partial charge in [-0.15, -0.1) is 11.3 Å². The van der Waals surface area contributed by atoms with E-state index in [1.165, 1.54) is 40.2 Å². The molecule has 0 atom stereocenters. The fourth-order valence-electron chi connectivity index (χ4n) is 4.63. The van der Waals surface area contributed by atoms with Gasteiger partial charge in [-0.3, -0.25) is 9.36 Å². The van der Waals surface area contributed by atoms with Gasteiger partial charge in [0.05, 0.1) is 5.52 Å². The van der Waals surface area contributed by atoms with Crippen molar-refractivity contribution in [3.8, 4) is 0 Å². The number of benzene rings is 1. The van der Waals surface area contributed by atoms with E-state index in [1.807, 2.05) is 24.3 Å². The lowest BCUT2D eigenvalue weighted by atomic mass is 9.96. The first-order valence-electron chi connectivity index (χ1n) is 10.2. The third-order valence-corrected chi connectivity index (χ3v) is 7.17. The summed E-state index contributed by atoms with van der Waals surface area (Å²) >= 11 is 1.53. The number of fused-ring (bicyclic) bond motifs is 4. The summed E-state index contributed by atoms with van der Waals surface area (Å²) in [5, 5.41) is 1.16. The van der Waals surface area contributed by atoms with Gasteiger partial charge in [-0.25, -0.2) is 4.79 Å². The third-order valence-electron chi connectivity index (χ3n) is 5.95. The SMILES string of the molecule is O=C(OCC(=O)n1c2c(c3ccccc31)CCCC2)c1cc2c(s1)CCCC2. The van der Waals surface area contributed by atoms with Crippen molar-refractivity contribution >= 4 is 34.1 Å². The van der Waals surface area contributed by atoms with Crippen molar-refractivity contribution in [2.24, 2.45) is 0 Å². The van der Waals surface area contributed by atoms with Crippen LogP contribution in [-0.2, 0) is 30.4 Å². The second-order valence-corrected chi connectivity index (χ2v) is 8.86. The van der Waals surface area contributed by atoms with Crippen molar-refractivity contribution in [2.75, 3.05) is 6.61 Å². The van der Waals surface area contributed by atoms with Gasteiger partial charge in [0.1, 0.15) is 4.88 Å². The van der Waals surface area contributed by atoms with Crippen LogP contribution in [-0.4, -0.2) is 23.1 Å². The van der Waals surface area contributed by atoms with Gasteiger partial charge < -0.3 is 4.74 Å². The summed E-state index contributed by atoms with van der Waals surface area (Å²) in [6.45, 7) is -0.216. The fraction of sp³-hybridized carbons (Fsp3) is 0.391. The highest BCUT2D eigenvalue weighted by atomic mass is 32.1. The van der Waals surface area contributed by atoms with E-state index in [2.05, 4.69) is 6.07 Å². The van der Waals surface area contributed by atoms with Gasteiger partial charge in [-0.05, 0) is 74.6 Å². The van der Waals surface area contributed by atoms with Crippen LogP contribution in [0.2, 0.25) is 0 Å². The van der Waals surface area contributed by atoms with Crippen LogP contribution < -0.4 is 0 Å². The van der Waals surface area contributed by atoms with Gasteiger partial charge >= 0.3 is 5.97 Å². The zero-order valence-corrected chi connectivity index (χ0v) is 16.6. The largest absolute Gasteiger partial charge is 0.451 e. The molecule has 0 aliphatic heterocycles. The minimum atomic E-state index is -0.377. The van der Waals surface area contributed by atoms with E-state index < -0.39 is 0 Å². The number of hydrogen-bond acceptors (Lipinski definition) is 4. The molecule has 2 aliphatic carbocycles. The molecule has 28 heavy (non-hydrogen) atoms. The number of esters is 1. The van der Waals surface area contributed by atoms with E-state index in [-0.39, 0.29) is 18.5 Å². The number of carbonyl (C=O) groups is 2. The van der Waals surface area contributed by atoms with Gasteiger partial charge in [0.15, 0.2) is 6.61 Å². The molecule has 0 saturated heterocycles. The number of aryl methyl sites for hydroxylation is 3. The van der Waals surface area contributed by atoms with Crippen LogP contribution in [0.4, 0.5) is 0 Å². The molecule has 0 fully saturated rings. The van der Waals surface area contributed by atoms with Crippen molar-refractivity contribution in [1.82, 2.24) is 4.57 Å². The molecule has 2 aliphatic rings. The minimum Gasteiger partial charge on any atom is -0.451 e. The lowest BCUT2D eigenvalue weighted by molar-refractivity contribution is 0.0454. The highest BCUT2D eigenvalue weighted by Gasteiger charge is 2.24. The predicted molar refractivity (Wildman–Crippen MR) is 110 cm³/mol. The van der Waals surface area contributed by atoms with Gasteiger partial charge in [0, 0.05) is 16.0 Å². The van der Waals surface area contributed by atoms with E-state index >= 15 is 0 Å². The molecular formula is C23H23NO3S. The Kier molecular flexibility index (Phi) is 4.55. The molecule has 0 amide bonds. The lowest BCUT2D eigenvalue weighted by Gasteiger charge is -2.15. The van der Waals surface area contributed by atoms with E-state index in [0.29, 0.717) is 4.88 Å². The minimum absolute atomic E-state index is 0.158. The molecule has 5 rings (SSSR count). The van der Waals surface area contributed by atoms with Crippen molar-refractivity contribution < 1.29 is 14.3 Å². The zero-order chi connectivity index (χ0) is 19.1. The number of ether oxygens (including phenoxy) is 1. The Hall–Kier alpha value is -2.40. The molecule has 2 aromatic heterocycles. The highest BCUT2D eigenvalue weighted by molar-refractivity contribution is 7.14. The van der Waals surface area contributed by atoms with Crippen LogP contribution in [0.3, 0.4) is 0 Å². The Morgan fingerprint density at radius 3 is 2.68 bits per heavy atom. The first-order chi connectivity index (χ1) is 13.7. The Bertz CT molecular complexity index is 1050. The Morgan fingerprint density at radius 1 is 1.00 bits per heavy atom. The second-order valence-electron chi connectivity index (χ2n) is 7.72. The quantitative estimate of drug-likeness (QED) is 0.591. The van der Waals surface area contributed by atoms with Crippen molar-refractivity contribution in [2.45, 2.75) is 51.4 Å². The van der Waals surface area contributed by atoms with Crippen LogP contribution >= 0.6 is 11.3 Å². The number of thiophene rings is 1. The molecule has 144 valence electrons. The van der Waals surface area contributed by atoms with Gasteiger partial charge in [-0.2, -0.15) is 0 Å². The summed E-state index contributed by atoms with van der Waals surface area (Å²) in [4.78, 5) is 27.5. The molecule has 5 heteroatoms. The Morgan fingerprint density at radius 2 is 1.79 bits per heavy atom. The van der Waals surface area contributed by atoms with Crippen molar-refractivity contribution in [1.29, 1.82) is 0 Å². The summed E-state index contributed by atoms with van der Waals surface area (Å²) in [6.07, 6.45) is 8.63. The summed E-state index contributed by atoms with van der Waals surface area (Å²) in [7, 11) is 0. The normalized spacial score (nSPS) is 15.9. The third kappa shape index (κ3) is 2.98. The molecule has 0 radical (unpaired) electrons. The van der Waals surface area contributed by atoms with Gasteiger partial charge in [0.2, 0.25) is 0 Å². The van der Waals surface area contributed by atoms with Crippen LogP contribution in [0.15, 0.2) is 30.3 Å². The van der Waals surface area contributed by atoms with E-state index in [0.717, 1.165) is 55.1 Å². The van der Waals surface area contributed by atoms with Crippen molar-refractivity contribution in [3.63, 3.8) is 0 Å². The highest BCUT2D eigenvalue weighted by Crippen LogP contribution is 2.32. The van der Waals surface area contributed by atoms with Crippen molar-refractivity contribution in [3.05, 3.63) is 56.9 Å². The summed E-state index contributed by atoms with van der Waals surface area (Å²) < 4.78 is 7.22. The Balaban J connectivity index is 1.37. The number of nitrogens with zero attached hydrogens (tertiary/aromatic N) is 1. The maximum atomic E-state index is 13.0. The maximum absolute atomic E-state index is 13.0. The first kappa shape index (κ1) is 17.7. The lowest BCUT2D eigenvalue weighted by Crippen LogP contribution is -2.22. The summed E-state index contributed by atoms with van der Waals surface area (Å²) in [5.74, 6) is -0.535. The summed E-state index contributed by atoms with van der Waals surface area (Å²) in [6, 6.07) is 10.0. The summed E-state index contributed by atoms with van der Waals surface area (Å²) in [5.41, 5.74) is 4.59. The van der Waals surface area contributed by atoms with E-state index in [4.69, 9.17) is 4.74 Å². The Labute approximate surface area is 168 Å². The van der Waals surface area contributed by atoms with Crippen LogP contribution in [0.5, 0.6) is 0 Å². The van der Waals surface area contributed by atoms with Crippen LogP contribution in [0.25, 0.3) is 10.9 Å². The zero-order valence-electron chi connectivity index (χ0n) is 15.8. The number of para-hydroxylation sites is 1. The molecule has 3 aromatic rings. The van der Waals surface area contributed by atoms with E-state index in [1.54, 1.807) is 4.57 Å². The fourth-order valence-corrected chi connectivity index (χ4v) is 5.78. The average Bonchev–Trinajstić information content (AvgIpc) is 3.31. The van der Waals surface area contributed by atoms with Gasteiger partial charge in [-0.1, -0.05) is 18.2 Å². The van der Waals surface area contributed by atoms with Gasteiger partial charge in [0.25, 0.3) is 5.91 Å². The van der Waals surface area contributed by atoms with Crippen LogP contribution in [0.1, 0.15) is 61.8 Å². The molecular weight excluding hydrogens is 370 g/mol. The molecule has 0 unspecified atom stereocenters. The maximum Gasteiger partial charge on any atom is 0.348 e. The topological polar surface area (TPSA) is 48.3 Å². The predicted octanol–water partition coefficient (Wildman–Crippen LogP) is 4.96. The number of hydrogen-bond donors (Lipinski definition) is 0. The smallest absolute Gasteiger partial charge is 0.348 e. The second kappa shape index (κ2) is 7.21. The molecule has 0 saturated carbocycles. The number of aromatic nitrogens is 1. The molecule has 2 heterocycles. The molecule has 0 spiro atoms.